The molecule has 27 heavy (non-hydrogen) atoms. The zero-order valence-electron chi connectivity index (χ0n) is 15.7. The van der Waals surface area contributed by atoms with Crippen molar-refractivity contribution in [3.05, 3.63) is 47.9 Å². The Morgan fingerprint density at radius 3 is 2.56 bits per heavy atom. The molecule has 0 aliphatic carbocycles. The lowest BCUT2D eigenvalue weighted by atomic mass is 10.2. The van der Waals surface area contributed by atoms with Crippen molar-refractivity contribution >= 4 is 17.5 Å². The van der Waals surface area contributed by atoms with Crippen LogP contribution in [0.2, 0.25) is 0 Å². The van der Waals surface area contributed by atoms with Crippen LogP contribution in [0.3, 0.4) is 0 Å². The van der Waals surface area contributed by atoms with Crippen LogP contribution in [-0.4, -0.2) is 61.4 Å². The Bertz CT molecular complexity index is 781. The molecule has 0 spiro atoms. The van der Waals surface area contributed by atoms with Gasteiger partial charge in [0, 0.05) is 39.1 Å². The van der Waals surface area contributed by atoms with Crippen LogP contribution in [0.5, 0.6) is 5.75 Å². The van der Waals surface area contributed by atoms with Gasteiger partial charge in [-0.25, -0.2) is 0 Å². The molecule has 7 nitrogen and oxygen atoms in total. The molecule has 2 aromatic rings. The number of hydrogen-bond acceptors (Lipinski definition) is 5. The van der Waals surface area contributed by atoms with Crippen LogP contribution in [0.15, 0.2) is 41.0 Å². The summed E-state index contributed by atoms with van der Waals surface area (Å²) in [4.78, 5) is 28.2. The smallest absolute Gasteiger partial charge is 0.289 e. The van der Waals surface area contributed by atoms with Crippen molar-refractivity contribution in [1.29, 1.82) is 0 Å². The number of nitrogens with zero attached hydrogens (tertiary/aromatic N) is 2. The van der Waals surface area contributed by atoms with Crippen molar-refractivity contribution in [3.63, 3.8) is 0 Å². The third-order valence-corrected chi connectivity index (χ3v) is 4.66. The zero-order valence-corrected chi connectivity index (χ0v) is 15.7. The van der Waals surface area contributed by atoms with Gasteiger partial charge in [-0.15, -0.1) is 0 Å². The van der Waals surface area contributed by atoms with Crippen LogP contribution < -0.4 is 10.1 Å². The summed E-state index contributed by atoms with van der Waals surface area (Å²) in [5, 5.41) is 3.27. The summed E-state index contributed by atoms with van der Waals surface area (Å²) in [6, 6.07) is 9.25. The number of anilines is 1. The number of ether oxygens (including phenoxy) is 1. The number of nitrogens with one attached hydrogen (secondary N) is 1. The zero-order chi connectivity index (χ0) is 19.2. The molecule has 0 bridgehead atoms. The number of benzene rings is 1. The lowest BCUT2D eigenvalue weighted by Gasteiger charge is -2.34. The van der Waals surface area contributed by atoms with E-state index in [-0.39, 0.29) is 11.8 Å². The van der Waals surface area contributed by atoms with Crippen molar-refractivity contribution in [2.24, 2.45) is 0 Å². The molecule has 1 aliphatic rings. The maximum atomic E-state index is 12.4. The normalized spacial score (nSPS) is 14.1. The van der Waals surface area contributed by atoms with E-state index >= 15 is 0 Å². The Kier molecular flexibility index (Phi) is 6.01. The first kappa shape index (κ1) is 18.8. The van der Waals surface area contributed by atoms with E-state index in [2.05, 4.69) is 5.32 Å². The lowest BCUT2D eigenvalue weighted by Crippen LogP contribution is -2.50. The Morgan fingerprint density at radius 1 is 1.15 bits per heavy atom. The summed E-state index contributed by atoms with van der Waals surface area (Å²) in [5.41, 5.74) is 2.01. The maximum absolute atomic E-state index is 12.4. The average Bonchev–Trinajstić information content (AvgIpc) is 3.22. The fourth-order valence-corrected chi connectivity index (χ4v) is 3.14. The Balaban J connectivity index is 1.45. The average molecular weight is 371 g/mol. The topological polar surface area (TPSA) is 75.0 Å². The molecule has 1 saturated heterocycles. The van der Waals surface area contributed by atoms with Crippen LogP contribution >= 0.6 is 0 Å². The molecule has 0 unspecified atom stereocenters. The molecular formula is C20H25N3O4. The van der Waals surface area contributed by atoms with Gasteiger partial charge in [-0.1, -0.05) is 6.07 Å². The van der Waals surface area contributed by atoms with Crippen LogP contribution in [0.25, 0.3) is 0 Å². The maximum Gasteiger partial charge on any atom is 0.289 e. The Labute approximate surface area is 158 Å². The molecular weight excluding hydrogens is 346 g/mol. The van der Waals surface area contributed by atoms with Gasteiger partial charge in [0.15, 0.2) is 5.76 Å². The molecule has 0 atom stereocenters. The minimum Gasteiger partial charge on any atom is -0.495 e. The second-order valence-electron chi connectivity index (χ2n) is 6.53. The molecule has 1 aromatic carbocycles. The molecule has 2 amide bonds. The summed E-state index contributed by atoms with van der Waals surface area (Å²) in [6.07, 6.45) is 1.88. The molecule has 1 fully saturated rings. The quantitative estimate of drug-likeness (QED) is 0.844. The number of amides is 2. The molecule has 3 rings (SSSR count). The number of piperazine rings is 1. The fourth-order valence-electron chi connectivity index (χ4n) is 3.14. The first-order chi connectivity index (χ1) is 13.1. The number of furan rings is 1. The van der Waals surface area contributed by atoms with Gasteiger partial charge in [-0.3, -0.25) is 9.59 Å². The van der Waals surface area contributed by atoms with E-state index in [1.165, 1.54) is 6.26 Å². The number of hydrogen-bond donors (Lipinski definition) is 1. The summed E-state index contributed by atoms with van der Waals surface area (Å²) in [6.45, 7) is 4.66. The molecule has 7 heteroatoms. The van der Waals surface area contributed by atoms with Gasteiger partial charge in [0.1, 0.15) is 5.75 Å². The van der Waals surface area contributed by atoms with Crippen molar-refractivity contribution < 1.29 is 18.7 Å². The van der Waals surface area contributed by atoms with Crippen molar-refractivity contribution in [2.75, 3.05) is 45.2 Å². The van der Waals surface area contributed by atoms with E-state index in [0.717, 1.165) is 17.0 Å². The minimum absolute atomic E-state index is 0.0826. The Morgan fingerprint density at radius 2 is 1.89 bits per heavy atom. The molecule has 0 radical (unpaired) electrons. The van der Waals surface area contributed by atoms with Crippen LogP contribution in [-0.2, 0) is 4.79 Å². The van der Waals surface area contributed by atoms with E-state index in [4.69, 9.17) is 9.15 Å². The van der Waals surface area contributed by atoms with Crippen molar-refractivity contribution in [1.82, 2.24) is 9.80 Å². The van der Waals surface area contributed by atoms with Crippen LogP contribution in [0.1, 0.15) is 22.5 Å². The standard InChI is InChI=1S/C20H25N3O4/c1-15-5-6-17(26-2)16(14-15)21-8-7-19(24)22-9-11-23(12-10-22)20(25)18-4-3-13-27-18/h3-6,13-14,21H,7-12H2,1-2H3. The summed E-state index contributed by atoms with van der Waals surface area (Å²) >= 11 is 0. The van der Waals surface area contributed by atoms with E-state index in [9.17, 15) is 9.59 Å². The second-order valence-corrected chi connectivity index (χ2v) is 6.53. The van der Waals surface area contributed by atoms with Gasteiger partial charge in [-0.2, -0.15) is 0 Å². The molecule has 1 N–H and O–H groups in total. The first-order valence-electron chi connectivity index (χ1n) is 9.07. The van der Waals surface area contributed by atoms with Gasteiger partial charge in [-0.05, 0) is 36.8 Å². The lowest BCUT2D eigenvalue weighted by molar-refractivity contribution is -0.132. The first-order valence-corrected chi connectivity index (χ1v) is 9.07. The number of methoxy groups -OCH3 is 1. The third-order valence-electron chi connectivity index (χ3n) is 4.66. The fraction of sp³-hybridized carbons (Fsp3) is 0.400. The minimum atomic E-state index is -0.125. The second kappa shape index (κ2) is 8.62. The van der Waals surface area contributed by atoms with E-state index in [1.807, 2.05) is 25.1 Å². The number of aryl methyl sites for hydroxylation is 1. The Hall–Kier alpha value is -2.96. The van der Waals surface area contributed by atoms with E-state index in [0.29, 0.717) is 44.9 Å². The highest BCUT2D eigenvalue weighted by atomic mass is 16.5. The molecule has 1 aliphatic heterocycles. The molecule has 1 aromatic heterocycles. The number of rotatable bonds is 6. The third kappa shape index (κ3) is 4.61. The molecule has 0 saturated carbocycles. The van der Waals surface area contributed by atoms with Crippen molar-refractivity contribution in [2.45, 2.75) is 13.3 Å². The monoisotopic (exact) mass is 371 g/mol. The predicted molar refractivity (Wildman–Crippen MR) is 102 cm³/mol. The van der Waals surface area contributed by atoms with Crippen molar-refractivity contribution in [3.8, 4) is 5.75 Å². The number of carbonyl (C=O) groups excluding carboxylic acids is 2. The number of carbonyl (C=O) groups is 2. The van der Waals surface area contributed by atoms with Gasteiger partial charge in [0.05, 0.1) is 19.1 Å². The van der Waals surface area contributed by atoms with Crippen LogP contribution in [0.4, 0.5) is 5.69 Å². The van der Waals surface area contributed by atoms with E-state index < -0.39 is 0 Å². The van der Waals surface area contributed by atoms with E-state index in [1.54, 1.807) is 29.0 Å². The summed E-state index contributed by atoms with van der Waals surface area (Å²) < 4.78 is 10.5. The summed E-state index contributed by atoms with van der Waals surface area (Å²) in [5.74, 6) is 1.06. The highest BCUT2D eigenvalue weighted by molar-refractivity contribution is 5.91. The SMILES string of the molecule is COc1ccc(C)cc1NCCC(=O)N1CCN(C(=O)c2ccco2)CC1. The molecule has 2 heterocycles. The van der Waals surface area contributed by atoms with Crippen LogP contribution in [0, 0.1) is 6.92 Å². The van der Waals surface area contributed by atoms with Gasteiger partial charge < -0.3 is 24.3 Å². The summed E-state index contributed by atoms with van der Waals surface area (Å²) in [7, 11) is 1.63. The highest BCUT2D eigenvalue weighted by Gasteiger charge is 2.25. The largest absolute Gasteiger partial charge is 0.495 e. The van der Waals surface area contributed by atoms with Gasteiger partial charge in [0.25, 0.3) is 5.91 Å². The molecule has 144 valence electrons. The van der Waals surface area contributed by atoms with Gasteiger partial charge in [0.2, 0.25) is 5.91 Å². The van der Waals surface area contributed by atoms with Gasteiger partial charge >= 0.3 is 0 Å². The predicted octanol–water partition coefficient (Wildman–Crippen LogP) is 2.38. The highest BCUT2D eigenvalue weighted by Crippen LogP contribution is 2.25.